The molecule has 2 aromatic heterocycles. The predicted molar refractivity (Wildman–Crippen MR) is 61.9 cm³/mol. The molecule has 0 saturated heterocycles. The summed E-state index contributed by atoms with van der Waals surface area (Å²) < 4.78 is 15.4. The number of aromatic nitrogens is 2. The lowest BCUT2D eigenvalue weighted by Gasteiger charge is -2.06. The monoisotopic (exact) mass is 218 g/mol. The highest BCUT2D eigenvalue weighted by molar-refractivity contribution is 5.84. The van der Waals surface area contributed by atoms with Crippen molar-refractivity contribution in [2.24, 2.45) is 5.92 Å². The summed E-state index contributed by atoms with van der Waals surface area (Å²) in [4.78, 5) is 3.76. The highest BCUT2D eigenvalue weighted by Crippen LogP contribution is 2.34. The van der Waals surface area contributed by atoms with Crippen LogP contribution in [-0.2, 0) is 6.54 Å². The lowest BCUT2D eigenvalue weighted by atomic mass is 10.2. The molecule has 0 bridgehead atoms. The topological polar surface area (TPSA) is 17.8 Å². The Labute approximate surface area is 94.1 Å². The average molecular weight is 218 g/mol. The van der Waals surface area contributed by atoms with Gasteiger partial charge in [-0.1, -0.05) is 0 Å². The van der Waals surface area contributed by atoms with Gasteiger partial charge in [0.2, 0.25) is 5.95 Å². The van der Waals surface area contributed by atoms with Crippen LogP contribution in [0.5, 0.6) is 0 Å². The zero-order chi connectivity index (χ0) is 11.3. The Kier molecular flexibility index (Phi) is 2.03. The molecule has 0 amide bonds. The van der Waals surface area contributed by atoms with Crippen molar-refractivity contribution in [3.63, 3.8) is 0 Å². The second-order valence-corrected chi connectivity index (χ2v) is 4.79. The van der Waals surface area contributed by atoms with Crippen LogP contribution in [0.4, 0.5) is 4.39 Å². The van der Waals surface area contributed by atoms with Gasteiger partial charge in [-0.25, -0.2) is 4.98 Å². The van der Waals surface area contributed by atoms with Crippen LogP contribution in [0, 0.1) is 25.7 Å². The summed E-state index contributed by atoms with van der Waals surface area (Å²) in [6.07, 6.45) is 4.31. The van der Waals surface area contributed by atoms with E-state index in [-0.39, 0.29) is 5.95 Å². The third-order valence-corrected chi connectivity index (χ3v) is 3.63. The first-order chi connectivity index (χ1) is 7.66. The summed E-state index contributed by atoms with van der Waals surface area (Å²) >= 11 is 0. The fourth-order valence-corrected chi connectivity index (χ4v) is 2.31. The van der Waals surface area contributed by atoms with E-state index in [2.05, 4.69) is 23.4 Å². The standard InChI is InChI=1S/C13H15FN2/c1-8-9(2)16(7-10-3-4-10)12-6-15-13(14)5-11(8)12/h5-6,10H,3-4,7H2,1-2H3. The Morgan fingerprint density at radius 2 is 2.19 bits per heavy atom. The molecule has 0 atom stereocenters. The van der Waals surface area contributed by atoms with E-state index < -0.39 is 0 Å². The number of pyridine rings is 1. The van der Waals surface area contributed by atoms with Crippen LogP contribution in [0.2, 0.25) is 0 Å². The third kappa shape index (κ3) is 1.42. The van der Waals surface area contributed by atoms with E-state index in [4.69, 9.17) is 0 Å². The molecular weight excluding hydrogens is 203 g/mol. The lowest BCUT2D eigenvalue weighted by Crippen LogP contribution is -2.02. The molecule has 3 rings (SSSR count). The maximum Gasteiger partial charge on any atom is 0.213 e. The number of nitrogens with zero attached hydrogens (tertiary/aromatic N) is 2. The molecule has 2 aromatic rings. The van der Waals surface area contributed by atoms with Gasteiger partial charge >= 0.3 is 0 Å². The molecule has 2 nitrogen and oxygen atoms in total. The molecule has 2 heterocycles. The third-order valence-electron chi connectivity index (χ3n) is 3.63. The Morgan fingerprint density at radius 3 is 2.88 bits per heavy atom. The van der Waals surface area contributed by atoms with Crippen LogP contribution in [-0.4, -0.2) is 9.55 Å². The fourth-order valence-electron chi connectivity index (χ4n) is 2.31. The summed E-state index contributed by atoms with van der Waals surface area (Å²) in [6.45, 7) is 5.22. The first-order valence-corrected chi connectivity index (χ1v) is 5.77. The zero-order valence-corrected chi connectivity index (χ0v) is 9.63. The van der Waals surface area contributed by atoms with Crippen molar-refractivity contribution in [1.29, 1.82) is 0 Å². The van der Waals surface area contributed by atoms with Gasteiger partial charge in [0, 0.05) is 23.7 Å². The van der Waals surface area contributed by atoms with E-state index in [1.54, 1.807) is 12.3 Å². The van der Waals surface area contributed by atoms with Gasteiger partial charge in [-0.15, -0.1) is 0 Å². The molecule has 0 aromatic carbocycles. The molecule has 1 saturated carbocycles. The molecule has 84 valence electrons. The van der Waals surface area contributed by atoms with Crippen LogP contribution in [0.1, 0.15) is 24.1 Å². The minimum atomic E-state index is -0.390. The molecular formula is C13H15FN2. The van der Waals surface area contributed by atoms with E-state index in [0.29, 0.717) is 0 Å². The van der Waals surface area contributed by atoms with Crippen LogP contribution in [0.25, 0.3) is 10.9 Å². The second kappa shape index (κ2) is 3.30. The van der Waals surface area contributed by atoms with Gasteiger partial charge < -0.3 is 4.57 Å². The SMILES string of the molecule is Cc1c(C)n(CC2CC2)c2cnc(F)cc12. The van der Waals surface area contributed by atoms with Gasteiger partial charge in [-0.05, 0) is 38.2 Å². The van der Waals surface area contributed by atoms with Gasteiger partial charge in [-0.2, -0.15) is 4.39 Å². The van der Waals surface area contributed by atoms with E-state index in [0.717, 1.165) is 23.4 Å². The molecule has 0 aliphatic heterocycles. The summed E-state index contributed by atoms with van der Waals surface area (Å²) in [5, 5.41) is 1.01. The van der Waals surface area contributed by atoms with Crippen LogP contribution < -0.4 is 0 Å². The quantitative estimate of drug-likeness (QED) is 0.708. The molecule has 0 radical (unpaired) electrons. The number of rotatable bonds is 2. The molecule has 1 aliphatic rings. The lowest BCUT2D eigenvalue weighted by molar-refractivity contribution is 0.584. The predicted octanol–water partition coefficient (Wildman–Crippen LogP) is 3.20. The van der Waals surface area contributed by atoms with Crippen LogP contribution in [0.3, 0.4) is 0 Å². The first kappa shape index (κ1) is 9.82. The van der Waals surface area contributed by atoms with Crippen molar-refractivity contribution in [3.8, 4) is 0 Å². The molecule has 0 N–H and O–H groups in total. The van der Waals surface area contributed by atoms with Crippen LogP contribution in [0.15, 0.2) is 12.3 Å². The summed E-state index contributed by atoms with van der Waals surface area (Å²) in [6, 6.07) is 1.54. The Bertz CT molecular complexity index is 553. The Hall–Kier alpha value is -1.38. The van der Waals surface area contributed by atoms with Crippen molar-refractivity contribution in [3.05, 3.63) is 29.5 Å². The number of hydrogen-bond donors (Lipinski definition) is 0. The minimum absolute atomic E-state index is 0.390. The molecule has 1 aliphatic carbocycles. The Morgan fingerprint density at radius 1 is 1.44 bits per heavy atom. The van der Waals surface area contributed by atoms with E-state index in [1.807, 2.05) is 0 Å². The van der Waals surface area contributed by atoms with Crippen molar-refractivity contribution in [2.75, 3.05) is 0 Å². The van der Waals surface area contributed by atoms with E-state index in [1.165, 1.54) is 24.1 Å². The molecule has 1 fully saturated rings. The summed E-state index contributed by atoms with van der Waals surface area (Å²) in [5.74, 6) is 0.429. The highest BCUT2D eigenvalue weighted by atomic mass is 19.1. The van der Waals surface area contributed by atoms with Crippen molar-refractivity contribution in [1.82, 2.24) is 9.55 Å². The van der Waals surface area contributed by atoms with Crippen molar-refractivity contribution >= 4 is 10.9 Å². The summed E-state index contributed by atoms with van der Waals surface area (Å²) in [7, 11) is 0. The second-order valence-electron chi connectivity index (χ2n) is 4.79. The van der Waals surface area contributed by atoms with E-state index in [9.17, 15) is 4.39 Å². The maximum atomic E-state index is 13.1. The van der Waals surface area contributed by atoms with Gasteiger partial charge in [0.25, 0.3) is 0 Å². The highest BCUT2D eigenvalue weighted by Gasteiger charge is 2.24. The summed E-state index contributed by atoms with van der Waals surface area (Å²) in [5.41, 5.74) is 3.49. The van der Waals surface area contributed by atoms with Gasteiger partial charge in [-0.3, -0.25) is 0 Å². The number of aryl methyl sites for hydroxylation is 1. The fraction of sp³-hybridized carbons (Fsp3) is 0.462. The largest absolute Gasteiger partial charge is 0.343 e. The zero-order valence-electron chi connectivity index (χ0n) is 9.63. The number of fused-ring (bicyclic) bond motifs is 1. The molecule has 16 heavy (non-hydrogen) atoms. The average Bonchev–Trinajstić information content (AvgIpc) is 3.04. The van der Waals surface area contributed by atoms with Crippen LogP contribution >= 0.6 is 0 Å². The first-order valence-electron chi connectivity index (χ1n) is 5.77. The molecule has 3 heteroatoms. The number of halogens is 1. The van der Waals surface area contributed by atoms with Crippen molar-refractivity contribution < 1.29 is 4.39 Å². The van der Waals surface area contributed by atoms with Crippen molar-refractivity contribution in [2.45, 2.75) is 33.2 Å². The van der Waals surface area contributed by atoms with Gasteiger partial charge in [0.15, 0.2) is 0 Å². The Balaban J connectivity index is 2.21. The molecule has 0 unspecified atom stereocenters. The van der Waals surface area contributed by atoms with E-state index >= 15 is 0 Å². The van der Waals surface area contributed by atoms with Gasteiger partial charge in [0.1, 0.15) is 0 Å². The molecule has 0 spiro atoms. The number of hydrogen-bond acceptors (Lipinski definition) is 1. The normalized spacial score (nSPS) is 15.9. The minimum Gasteiger partial charge on any atom is -0.343 e. The smallest absolute Gasteiger partial charge is 0.213 e. The van der Waals surface area contributed by atoms with Gasteiger partial charge in [0.05, 0.1) is 11.7 Å². The maximum absolute atomic E-state index is 13.1.